The average molecular weight is 611 g/mol. The van der Waals surface area contributed by atoms with Crippen molar-refractivity contribution in [2.24, 2.45) is 4.99 Å². The van der Waals surface area contributed by atoms with E-state index >= 15 is 0 Å². The summed E-state index contributed by atoms with van der Waals surface area (Å²) in [6.07, 6.45) is 7.65. The van der Waals surface area contributed by atoms with Crippen LogP contribution in [0.4, 0.5) is 5.69 Å². The molecule has 47 heavy (non-hydrogen) atoms. The summed E-state index contributed by atoms with van der Waals surface area (Å²) < 4.78 is 84.9. The van der Waals surface area contributed by atoms with Gasteiger partial charge in [-0.25, -0.2) is 0 Å². The quantitative estimate of drug-likeness (QED) is 0.177. The number of hydrogen-bond donors (Lipinski definition) is 0. The summed E-state index contributed by atoms with van der Waals surface area (Å²) in [5.41, 5.74) is 5.16. The van der Waals surface area contributed by atoms with Crippen LogP contribution < -0.4 is 4.90 Å². The minimum Gasteiger partial charge on any atom is -0.317 e. The molecule has 7 aromatic rings. The summed E-state index contributed by atoms with van der Waals surface area (Å²) in [4.78, 5) is 6.77. The van der Waals surface area contributed by atoms with Crippen LogP contribution in [0.15, 0.2) is 187 Å². The molecule has 7 aromatic carbocycles. The van der Waals surface area contributed by atoms with Crippen molar-refractivity contribution in [2.45, 2.75) is 12.1 Å². The number of nitrogens with zero attached hydrogens (tertiary/aromatic N) is 2. The lowest BCUT2D eigenvalue weighted by Gasteiger charge is -2.29. The molecule has 2 aliphatic rings. The van der Waals surface area contributed by atoms with Crippen molar-refractivity contribution in [3.63, 3.8) is 0 Å². The molecule has 0 N–H and O–H groups in total. The van der Waals surface area contributed by atoms with E-state index in [1.807, 2.05) is 109 Å². The van der Waals surface area contributed by atoms with Crippen LogP contribution in [0.1, 0.15) is 19.3 Å². The Bertz CT molecular complexity index is 2860. The summed E-state index contributed by atoms with van der Waals surface area (Å²) in [6.45, 7) is 0. The highest BCUT2D eigenvalue weighted by molar-refractivity contribution is 6.22. The number of hydrogen-bond acceptors (Lipinski definition) is 2. The van der Waals surface area contributed by atoms with Gasteiger partial charge in [-0.2, -0.15) is 0 Å². The third kappa shape index (κ3) is 4.69. The van der Waals surface area contributed by atoms with Gasteiger partial charge in [0.2, 0.25) is 0 Å². The van der Waals surface area contributed by atoms with Crippen LogP contribution in [0, 0.1) is 0 Å². The van der Waals surface area contributed by atoms with Crippen LogP contribution in [0.3, 0.4) is 0 Å². The van der Waals surface area contributed by atoms with Crippen LogP contribution in [0.2, 0.25) is 0 Å². The number of aliphatic imine (C=N–C) groups is 1. The highest BCUT2D eigenvalue weighted by Gasteiger charge is 2.35. The van der Waals surface area contributed by atoms with E-state index in [2.05, 4.69) is 12.1 Å². The Morgan fingerprint density at radius 3 is 1.81 bits per heavy atom. The van der Waals surface area contributed by atoms with E-state index < -0.39 is 36.3 Å². The van der Waals surface area contributed by atoms with E-state index in [4.69, 9.17) is 18.7 Å². The lowest BCUT2D eigenvalue weighted by atomic mass is 9.84. The van der Waals surface area contributed by atoms with Gasteiger partial charge in [-0.15, -0.1) is 0 Å². The molecule has 0 radical (unpaired) electrons. The molecule has 0 aromatic heterocycles. The van der Waals surface area contributed by atoms with Gasteiger partial charge in [0, 0.05) is 11.3 Å². The second-order valence-corrected chi connectivity index (χ2v) is 11.5. The van der Waals surface area contributed by atoms with Crippen molar-refractivity contribution < 1.29 is 13.7 Å². The number of para-hydroxylation sites is 1. The maximum atomic E-state index is 8.80. The summed E-state index contributed by atoms with van der Waals surface area (Å²) in [5.74, 6) is 0.490. The molecule has 2 heteroatoms. The standard InChI is InChI=1S/C45H32N2/c1-4-14-31(15-5-1)35-28-29-39-40(30-35)44(32-16-6-2-7-17-32)38-21-11-10-20-37(38)43(39)33-24-26-34(27-25-33)45-46-41-22-12-13-23-42(41)47(45)36-18-8-3-9-19-36/h1-30,41-42H/i1D,3D,4D,5D,8D,9D,14D,15D,18D,19D. The molecule has 0 spiro atoms. The largest absolute Gasteiger partial charge is 0.317 e. The molecule has 1 aliphatic heterocycles. The lowest BCUT2D eigenvalue weighted by molar-refractivity contribution is 0.739. The van der Waals surface area contributed by atoms with E-state index in [1.54, 1.807) is 4.90 Å². The van der Waals surface area contributed by atoms with Gasteiger partial charge in [0.25, 0.3) is 0 Å². The van der Waals surface area contributed by atoms with Gasteiger partial charge < -0.3 is 4.90 Å². The SMILES string of the molecule is [2H]c1c([2H])c([2H])c(-c2ccc3c(-c4ccc(C5=NC6C=CC=CC6N5c5c([2H])c([2H])c([2H])c([2H])c5[2H])cc4)c4ccccc4c(-c4ccccc4)c3c2)c([2H])c1[2H]. The molecule has 222 valence electrons. The molecule has 0 bridgehead atoms. The fraction of sp³-hybridized carbons (Fsp3) is 0.0444. The van der Waals surface area contributed by atoms with Crippen LogP contribution in [-0.4, -0.2) is 17.9 Å². The van der Waals surface area contributed by atoms with Gasteiger partial charge in [-0.05, 0) is 73.1 Å². The van der Waals surface area contributed by atoms with Crippen molar-refractivity contribution in [1.29, 1.82) is 0 Å². The third-order valence-corrected chi connectivity index (χ3v) is 8.91. The molecule has 0 fully saturated rings. The van der Waals surface area contributed by atoms with Crippen LogP contribution in [-0.2, 0) is 0 Å². The predicted molar refractivity (Wildman–Crippen MR) is 199 cm³/mol. The van der Waals surface area contributed by atoms with Crippen molar-refractivity contribution in [3.05, 3.63) is 187 Å². The maximum absolute atomic E-state index is 8.80. The van der Waals surface area contributed by atoms with Crippen molar-refractivity contribution in [3.8, 4) is 33.4 Å². The fourth-order valence-corrected chi connectivity index (χ4v) is 6.86. The second kappa shape index (κ2) is 11.4. The Kier molecular flexibility index (Phi) is 4.58. The Morgan fingerprint density at radius 2 is 1.06 bits per heavy atom. The maximum Gasteiger partial charge on any atom is 0.136 e. The molecule has 1 heterocycles. The Balaban J connectivity index is 1.25. The minimum absolute atomic E-state index is 0.0692. The van der Waals surface area contributed by atoms with Gasteiger partial charge in [0.15, 0.2) is 0 Å². The number of benzene rings is 7. The van der Waals surface area contributed by atoms with Gasteiger partial charge in [0.1, 0.15) is 5.84 Å². The molecule has 0 amide bonds. The van der Waals surface area contributed by atoms with Crippen LogP contribution in [0.5, 0.6) is 0 Å². The van der Waals surface area contributed by atoms with Crippen molar-refractivity contribution >= 4 is 33.1 Å². The Hall–Kier alpha value is -5.99. The molecular weight excluding hydrogens is 569 g/mol. The van der Waals surface area contributed by atoms with E-state index in [9.17, 15) is 0 Å². The number of anilines is 1. The zero-order valence-electron chi connectivity index (χ0n) is 35.1. The minimum atomic E-state index is -0.454. The highest BCUT2D eigenvalue weighted by Crippen LogP contribution is 2.45. The van der Waals surface area contributed by atoms with E-state index in [0.29, 0.717) is 17.0 Å². The first kappa shape index (κ1) is 18.9. The molecule has 2 atom stereocenters. The lowest BCUT2D eigenvalue weighted by Crippen LogP contribution is -2.39. The van der Waals surface area contributed by atoms with Crippen LogP contribution in [0.25, 0.3) is 54.9 Å². The second-order valence-electron chi connectivity index (χ2n) is 11.5. The molecule has 2 nitrogen and oxygen atoms in total. The first-order valence-corrected chi connectivity index (χ1v) is 15.5. The molecule has 0 saturated carbocycles. The number of allylic oxidation sites excluding steroid dienone is 2. The van der Waals surface area contributed by atoms with Gasteiger partial charge in [0.05, 0.1) is 25.8 Å². The van der Waals surface area contributed by atoms with Crippen molar-refractivity contribution in [1.82, 2.24) is 0 Å². The van der Waals surface area contributed by atoms with E-state index in [-0.39, 0.29) is 47.5 Å². The van der Waals surface area contributed by atoms with Gasteiger partial charge in [-0.1, -0.05) is 164 Å². The highest BCUT2D eigenvalue weighted by atomic mass is 15.3. The summed E-state index contributed by atoms with van der Waals surface area (Å²) in [7, 11) is 0. The van der Waals surface area contributed by atoms with Gasteiger partial charge >= 0.3 is 0 Å². The zero-order valence-corrected chi connectivity index (χ0v) is 25.1. The smallest absolute Gasteiger partial charge is 0.136 e. The Labute approximate surface area is 289 Å². The van der Waals surface area contributed by atoms with Crippen molar-refractivity contribution in [2.75, 3.05) is 4.90 Å². The first-order chi connectivity index (χ1) is 27.5. The molecule has 0 saturated heterocycles. The predicted octanol–water partition coefficient (Wildman–Crippen LogP) is 11.1. The van der Waals surface area contributed by atoms with Gasteiger partial charge in [-0.3, -0.25) is 4.99 Å². The summed E-state index contributed by atoms with van der Waals surface area (Å²) >= 11 is 0. The monoisotopic (exact) mass is 610 g/mol. The third-order valence-electron chi connectivity index (χ3n) is 8.91. The number of amidine groups is 1. The number of rotatable bonds is 5. The summed E-state index contributed by atoms with van der Waals surface area (Å²) in [6, 6.07) is 27.3. The molecular formula is C45H32N2. The first-order valence-electron chi connectivity index (χ1n) is 20.5. The zero-order chi connectivity index (χ0) is 39.9. The normalized spacial score (nSPS) is 19.8. The fourth-order valence-electron chi connectivity index (χ4n) is 6.86. The summed E-state index contributed by atoms with van der Waals surface area (Å²) in [5, 5.41) is 3.71. The van der Waals surface area contributed by atoms with E-state index in [0.717, 1.165) is 43.8 Å². The Morgan fingerprint density at radius 1 is 0.489 bits per heavy atom. The number of fused-ring (bicyclic) bond motifs is 3. The average Bonchev–Trinajstić information content (AvgIpc) is 3.62. The topological polar surface area (TPSA) is 15.6 Å². The van der Waals surface area contributed by atoms with Crippen LogP contribution >= 0.6 is 0 Å². The molecule has 9 rings (SSSR count). The molecule has 2 unspecified atom stereocenters. The molecule has 1 aliphatic carbocycles. The van der Waals surface area contributed by atoms with E-state index in [1.165, 1.54) is 0 Å².